The Hall–Kier alpha value is -2.25. The SMILES string of the molecule is CC[C@@H](C(=O)Nc1ccc(OC)cc1)N(c1ccc(Cl)cc1)S(C)(=O)=O. The van der Waals surface area contributed by atoms with Crippen molar-refractivity contribution in [3.05, 3.63) is 53.6 Å². The van der Waals surface area contributed by atoms with E-state index < -0.39 is 22.0 Å². The maximum Gasteiger partial charge on any atom is 0.248 e. The highest BCUT2D eigenvalue weighted by Crippen LogP contribution is 2.25. The van der Waals surface area contributed by atoms with Crippen LogP contribution in [0.5, 0.6) is 5.75 Å². The van der Waals surface area contributed by atoms with Gasteiger partial charge in [0.05, 0.1) is 19.1 Å². The number of nitrogens with zero attached hydrogens (tertiary/aromatic N) is 1. The molecule has 0 radical (unpaired) electrons. The van der Waals surface area contributed by atoms with E-state index in [2.05, 4.69) is 5.32 Å². The van der Waals surface area contributed by atoms with Gasteiger partial charge in [-0.05, 0) is 55.0 Å². The van der Waals surface area contributed by atoms with Crippen molar-refractivity contribution in [3.8, 4) is 5.75 Å². The first-order valence-electron chi connectivity index (χ1n) is 7.96. The molecule has 0 aliphatic rings. The Morgan fingerprint density at radius 2 is 1.73 bits per heavy atom. The Morgan fingerprint density at radius 3 is 2.19 bits per heavy atom. The molecule has 6 nitrogen and oxygen atoms in total. The van der Waals surface area contributed by atoms with Gasteiger partial charge in [0.25, 0.3) is 0 Å². The first-order chi connectivity index (χ1) is 12.3. The number of carbonyl (C=O) groups is 1. The Kier molecular flexibility index (Phi) is 6.50. The van der Waals surface area contributed by atoms with E-state index in [1.54, 1.807) is 62.6 Å². The van der Waals surface area contributed by atoms with Crippen LogP contribution in [0, 0.1) is 0 Å². The van der Waals surface area contributed by atoms with E-state index in [-0.39, 0.29) is 0 Å². The molecular weight excluding hydrogens is 376 g/mol. The van der Waals surface area contributed by atoms with Crippen LogP contribution in [0.3, 0.4) is 0 Å². The van der Waals surface area contributed by atoms with Crippen molar-refractivity contribution in [2.75, 3.05) is 23.0 Å². The first-order valence-corrected chi connectivity index (χ1v) is 10.2. The minimum atomic E-state index is -3.68. The normalized spacial score (nSPS) is 12.3. The molecule has 2 aromatic carbocycles. The van der Waals surface area contributed by atoms with Crippen LogP contribution in [-0.2, 0) is 14.8 Å². The number of rotatable bonds is 7. The van der Waals surface area contributed by atoms with Crippen molar-refractivity contribution in [1.82, 2.24) is 0 Å². The number of anilines is 2. The van der Waals surface area contributed by atoms with E-state index in [4.69, 9.17) is 16.3 Å². The van der Waals surface area contributed by atoms with Gasteiger partial charge in [-0.15, -0.1) is 0 Å². The molecule has 0 unspecified atom stereocenters. The lowest BCUT2D eigenvalue weighted by molar-refractivity contribution is -0.117. The molecule has 26 heavy (non-hydrogen) atoms. The number of ether oxygens (including phenoxy) is 1. The zero-order valence-corrected chi connectivity index (χ0v) is 16.3. The summed E-state index contributed by atoms with van der Waals surface area (Å²) < 4.78 is 30.9. The number of carbonyl (C=O) groups excluding carboxylic acids is 1. The average Bonchev–Trinajstić information content (AvgIpc) is 2.60. The number of hydrogen-bond acceptors (Lipinski definition) is 4. The Morgan fingerprint density at radius 1 is 1.15 bits per heavy atom. The van der Waals surface area contributed by atoms with Gasteiger partial charge in [-0.1, -0.05) is 18.5 Å². The average molecular weight is 397 g/mol. The molecule has 0 aliphatic carbocycles. The van der Waals surface area contributed by atoms with Crippen LogP contribution in [0.4, 0.5) is 11.4 Å². The largest absolute Gasteiger partial charge is 0.497 e. The van der Waals surface area contributed by atoms with Gasteiger partial charge in [0.15, 0.2) is 0 Å². The lowest BCUT2D eigenvalue weighted by Crippen LogP contribution is -2.46. The van der Waals surface area contributed by atoms with Crippen LogP contribution in [-0.4, -0.2) is 33.7 Å². The molecule has 8 heteroatoms. The van der Waals surface area contributed by atoms with Crippen molar-refractivity contribution >= 4 is 38.9 Å². The number of amides is 1. The third kappa shape index (κ3) is 4.89. The summed E-state index contributed by atoms with van der Waals surface area (Å²) in [6, 6.07) is 12.2. The Bertz CT molecular complexity index is 852. The minimum Gasteiger partial charge on any atom is -0.497 e. The highest BCUT2D eigenvalue weighted by Gasteiger charge is 2.31. The second-order valence-corrected chi connectivity index (χ2v) is 7.97. The fraction of sp³-hybridized carbons (Fsp3) is 0.278. The summed E-state index contributed by atoms with van der Waals surface area (Å²) in [4.78, 5) is 12.8. The van der Waals surface area contributed by atoms with Gasteiger partial charge >= 0.3 is 0 Å². The molecule has 0 spiro atoms. The van der Waals surface area contributed by atoms with Gasteiger partial charge in [0, 0.05) is 10.7 Å². The molecule has 0 aliphatic heterocycles. The van der Waals surface area contributed by atoms with E-state index in [1.807, 2.05) is 0 Å². The van der Waals surface area contributed by atoms with Gasteiger partial charge in [0.1, 0.15) is 11.8 Å². The van der Waals surface area contributed by atoms with Crippen LogP contribution in [0.1, 0.15) is 13.3 Å². The quantitative estimate of drug-likeness (QED) is 0.776. The van der Waals surface area contributed by atoms with E-state index in [9.17, 15) is 13.2 Å². The van der Waals surface area contributed by atoms with Crippen molar-refractivity contribution in [3.63, 3.8) is 0 Å². The van der Waals surface area contributed by atoms with Crippen LogP contribution in [0.2, 0.25) is 5.02 Å². The second-order valence-electron chi connectivity index (χ2n) is 5.68. The molecule has 0 bridgehead atoms. The number of nitrogens with one attached hydrogen (secondary N) is 1. The maximum absolute atomic E-state index is 12.8. The molecule has 2 rings (SSSR count). The predicted molar refractivity (Wildman–Crippen MR) is 104 cm³/mol. The van der Waals surface area contributed by atoms with E-state index in [0.717, 1.165) is 10.6 Å². The monoisotopic (exact) mass is 396 g/mol. The van der Waals surface area contributed by atoms with Crippen molar-refractivity contribution in [2.45, 2.75) is 19.4 Å². The molecule has 1 amide bonds. The number of benzene rings is 2. The fourth-order valence-electron chi connectivity index (χ4n) is 2.55. The Labute approximate surface area is 158 Å². The maximum atomic E-state index is 12.8. The molecule has 0 heterocycles. The summed E-state index contributed by atoms with van der Waals surface area (Å²) in [6.45, 7) is 1.76. The van der Waals surface area contributed by atoms with E-state index in [1.165, 1.54) is 0 Å². The topological polar surface area (TPSA) is 75.7 Å². The fourth-order valence-corrected chi connectivity index (χ4v) is 3.89. The van der Waals surface area contributed by atoms with Crippen LogP contribution in [0.15, 0.2) is 48.5 Å². The molecule has 1 atom stereocenters. The van der Waals surface area contributed by atoms with Crippen molar-refractivity contribution < 1.29 is 17.9 Å². The van der Waals surface area contributed by atoms with Gasteiger partial charge in [-0.25, -0.2) is 8.42 Å². The minimum absolute atomic E-state index is 0.303. The molecule has 0 saturated carbocycles. The molecule has 0 fully saturated rings. The number of halogens is 1. The van der Waals surface area contributed by atoms with Gasteiger partial charge in [0.2, 0.25) is 15.9 Å². The van der Waals surface area contributed by atoms with E-state index in [0.29, 0.717) is 28.6 Å². The summed E-state index contributed by atoms with van der Waals surface area (Å²) in [6.07, 6.45) is 1.38. The zero-order chi connectivity index (χ0) is 19.3. The third-order valence-corrected chi connectivity index (χ3v) is 5.20. The number of hydrogen-bond donors (Lipinski definition) is 1. The van der Waals surface area contributed by atoms with Crippen LogP contribution >= 0.6 is 11.6 Å². The molecular formula is C18H21ClN2O4S. The molecule has 2 aromatic rings. The van der Waals surface area contributed by atoms with Crippen LogP contribution in [0.25, 0.3) is 0 Å². The third-order valence-electron chi connectivity index (χ3n) is 3.77. The van der Waals surface area contributed by atoms with Crippen LogP contribution < -0.4 is 14.4 Å². The highest BCUT2D eigenvalue weighted by atomic mass is 35.5. The molecule has 1 N–H and O–H groups in total. The lowest BCUT2D eigenvalue weighted by atomic mass is 10.2. The van der Waals surface area contributed by atoms with E-state index >= 15 is 0 Å². The molecule has 0 aromatic heterocycles. The summed E-state index contributed by atoms with van der Waals surface area (Å²) in [7, 11) is -2.13. The van der Waals surface area contributed by atoms with Crippen molar-refractivity contribution in [1.29, 1.82) is 0 Å². The van der Waals surface area contributed by atoms with Gasteiger partial charge in [-0.3, -0.25) is 9.10 Å². The molecule has 140 valence electrons. The lowest BCUT2D eigenvalue weighted by Gasteiger charge is -2.30. The standard InChI is InChI=1S/C18H21ClN2O4S/c1-4-17(18(22)20-14-7-11-16(25-2)12-8-14)21(26(3,23)24)15-9-5-13(19)6-10-15/h5-12,17H,4H2,1-3H3,(H,20,22)/t17-/m0/s1. The highest BCUT2D eigenvalue weighted by molar-refractivity contribution is 7.92. The smallest absolute Gasteiger partial charge is 0.248 e. The summed E-state index contributed by atoms with van der Waals surface area (Å²) in [5, 5.41) is 3.24. The zero-order valence-electron chi connectivity index (χ0n) is 14.8. The molecule has 0 saturated heterocycles. The summed E-state index contributed by atoms with van der Waals surface area (Å²) in [5.74, 6) is 0.243. The van der Waals surface area contributed by atoms with Crippen molar-refractivity contribution in [2.24, 2.45) is 0 Å². The first kappa shape index (κ1) is 20.1. The predicted octanol–water partition coefficient (Wildman–Crippen LogP) is 3.53. The Balaban J connectivity index is 2.31. The van der Waals surface area contributed by atoms with Gasteiger partial charge < -0.3 is 10.1 Å². The number of methoxy groups -OCH3 is 1. The summed E-state index contributed by atoms with van der Waals surface area (Å²) in [5.41, 5.74) is 0.937. The summed E-state index contributed by atoms with van der Waals surface area (Å²) >= 11 is 5.88. The number of sulfonamides is 1. The second kappa shape index (κ2) is 8.42. The van der Waals surface area contributed by atoms with Gasteiger partial charge in [-0.2, -0.15) is 0 Å².